The van der Waals surface area contributed by atoms with Gasteiger partial charge in [0, 0.05) is 18.2 Å². The second-order valence-corrected chi connectivity index (χ2v) is 3.94. The molecule has 0 saturated carbocycles. The highest BCUT2D eigenvalue weighted by atomic mass is 19.1. The third-order valence-electron chi connectivity index (χ3n) is 2.77. The fourth-order valence-corrected chi connectivity index (χ4v) is 1.80. The number of benzene rings is 1. The molecule has 1 aromatic carbocycles. The van der Waals surface area contributed by atoms with Crippen LogP contribution in [0.2, 0.25) is 0 Å². The zero-order valence-electron chi connectivity index (χ0n) is 8.91. The Balaban J connectivity index is 1.96. The van der Waals surface area contributed by atoms with Crippen LogP contribution in [0.5, 0.6) is 0 Å². The summed E-state index contributed by atoms with van der Waals surface area (Å²) in [5.41, 5.74) is 0.981. The Morgan fingerprint density at radius 1 is 1.38 bits per heavy atom. The van der Waals surface area contributed by atoms with Crippen LogP contribution in [0.15, 0.2) is 30.4 Å². The molecule has 0 fully saturated rings. The SMILES string of the molecule is N#Cc1ccc(CNC2CC=CC2)c(F)c1. The highest BCUT2D eigenvalue weighted by Crippen LogP contribution is 2.13. The molecule has 0 amide bonds. The molecule has 1 N–H and O–H groups in total. The maximum Gasteiger partial charge on any atom is 0.129 e. The predicted molar refractivity (Wildman–Crippen MR) is 60.1 cm³/mol. The van der Waals surface area contributed by atoms with E-state index in [0.29, 0.717) is 23.7 Å². The number of nitrogens with zero attached hydrogens (tertiary/aromatic N) is 1. The van der Waals surface area contributed by atoms with Crippen LogP contribution in [0.4, 0.5) is 4.39 Å². The quantitative estimate of drug-likeness (QED) is 0.788. The summed E-state index contributed by atoms with van der Waals surface area (Å²) in [5.74, 6) is -0.308. The monoisotopic (exact) mass is 216 g/mol. The molecule has 0 aliphatic heterocycles. The van der Waals surface area contributed by atoms with Crippen LogP contribution in [0.3, 0.4) is 0 Å². The molecular formula is C13H13FN2. The van der Waals surface area contributed by atoms with Gasteiger partial charge in [0.15, 0.2) is 0 Å². The molecule has 0 aromatic heterocycles. The first-order chi connectivity index (χ1) is 7.79. The van der Waals surface area contributed by atoms with Gasteiger partial charge < -0.3 is 5.32 Å². The number of nitrogens with one attached hydrogen (secondary N) is 1. The summed E-state index contributed by atoms with van der Waals surface area (Å²) in [6.07, 6.45) is 6.29. The largest absolute Gasteiger partial charge is 0.309 e. The van der Waals surface area contributed by atoms with E-state index in [0.717, 1.165) is 12.8 Å². The van der Waals surface area contributed by atoms with Crippen LogP contribution in [-0.2, 0) is 6.54 Å². The van der Waals surface area contributed by atoms with Crippen LogP contribution in [-0.4, -0.2) is 6.04 Å². The normalized spacial score (nSPS) is 15.2. The second kappa shape index (κ2) is 4.91. The van der Waals surface area contributed by atoms with Crippen molar-refractivity contribution in [3.63, 3.8) is 0 Å². The van der Waals surface area contributed by atoms with E-state index in [9.17, 15) is 4.39 Å². The molecule has 1 aliphatic rings. The lowest BCUT2D eigenvalue weighted by Crippen LogP contribution is -2.26. The molecule has 0 atom stereocenters. The van der Waals surface area contributed by atoms with Crippen LogP contribution in [0.1, 0.15) is 24.0 Å². The summed E-state index contributed by atoms with van der Waals surface area (Å²) >= 11 is 0. The molecule has 2 rings (SSSR count). The summed E-state index contributed by atoms with van der Waals surface area (Å²) in [5, 5.41) is 11.9. The number of hydrogen-bond acceptors (Lipinski definition) is 2. The molecule has 82 valence electrons. The maximum atomic E-state index is 13.5. The minimum absolute atomic E-state index is 0.308. The summed E-state index contributed by atoms with van der Waals surface area (Å²) < 4.78 is 13.5. The molecule has 0 bridgehead atoms. The Kier molecular flexibility index (Phi) is 3.33. The van der Waals surface area contributed by atoms with Gasteiger partial charge in [0.05, 0.1) is 11.6 Å². The number of rotatable bonds is 3. The minimum Gasteiger partial charge on any atom is -0.309 e. The average Bonchev–Trinajstić information content (AvgIpc) is 2.80. The maximum absolute atomic E-state index is 13.5. The molecule has 0 spiro atoms. The van der Waals surface area contributed by atoms with Crippen LogP contribution in [0.25, 0.3) is 0 Å². The first kappa shape index (κ1) is 10.8. The van der Waals surface area contributed by atoms with E-state index < -0.39 is 0 Å². The molecule has 2 nitrogen and oxygen atoms in total. The second-order valence-electron chi connectivity index (χ2n) is 3.94. The Morgan fingerprint density at radius 2 is 2.12 bits per heavy atom. The standard InChI is InChI=1S/C13H13FN2/c14-13-7-10(8-15)5-6-11(13)9-16-12-3-1-2-4-12/h1-2,5-7,12,16H,3-4,9H2. The Morgan fingerprint density at radius 3 is 2.75 bits per heavy atom. The smallest absolute Gasteiger partial charge is 0.129 e. The van der Waals surface area contributed by atoms with Crippen LogP contribution < -0.4 is 5.32 Å². The van der Waals surface area contributed by atoms with Crippen molar-refractivity contribution >= 4 is 0 Å². The summed E-state index contributed by atoms with van der Waals surface area (Å²) in [7, 11) is 0. The fraction of sp³-hybridized carbons (Fsp3) is 0.308. The fourth-order valence-electron chi connectivity index (χ4n) is 1.80. The predicted octanol–water partition coefficient (Wildman–Crippen LogP) is 2.51. The van der Waals surface area contributed by atoms with Crippen molar-refractivity contribution in [1.82, 2.24) is 5.32 Å². The van der Waals surface area contributed by atoms with Gasteiger partial charge in [-0.1, -0.05) is 18.2 Å². The van der Waals surface area contributed by atoms with Crippen LogP contribution in [0, 0.1) is 17.1 Å². The van der Waals surface area contributed by atoms with Gasteiger partial charge in [-0.25, -0.2) is 4.39 Å². The number of nitriles is 1. The number of hydrogen-bond donors (Lipinski definition) is 1. The van der Waals surface area contributed by atoms with Crippen molar-refractivity contribution in [2.24, 2.45) is 0 Å². The zero-order chi connectivity index (χ0) is 11.4. The van der Waals surface area contributed by atoms with Crippen molar-refractivity contribution in [2.45, 2.75) is 25.4 Å². The molecule has 16 heavy (non-hydrogen) atoms. The van der Waals surface area contributed by atoms with E-state index in [1.165, 1.54) is 6.07 Å². The van der Waals surface area contributed by atoms with Gasteiger partial charge in [-0.2, -0.15) is 5.26 Å². The Labute approximate surface area is 94.4 Å². The molecule has 0 unspecified atom stereocenters. The highest BCUT2D eigenvalue weighted by Gasteiger charge is 2.10. The van der Waals surface area contributed by atoms with Crippen molar-refractivity contribution in [3.05, 3.63) is 47.3 Å². The van der Waals surface area contributed by atoms with Crippen LogP contribution >= 0.6 is 0 Å². The van der Waals surface area contributed by atoms with Crippen molar-refractivity contribution in [1.29, 1.82) is 5.26 Å². The molecule has 0 heterocycles. The van der Waals surface area contributed by atoms with Gasteiger partial charge in [-0.15, -0.1) is 0 Å². The molecule has 0 saturated heterocycles. The third-order valence-corrected chi connectivity index (χ3v) is 2.77. The van der Waals surface area contributed by atoms with Crippen molar-refractivity contribution in [3.8, 4) is 6.07 Å². The lowest BCUT2D eigenvalue weighted by Gasteiger charge is -2.12. The summed E-state index contributed by atoms with van der Waals surface area (Å²) in [4.78, 5) is 0. The van der Waals surface area contributed by atoms with E-state index >= 15 is 0 Å². The van der Waals surface area contributed by atoms with Gasteiger partial charge in [0.2, 0.25) is 0 Å². The van der Waals surface area contributed by atoms with E-state index in [1.54, 1.807) is 12.1 Å². The molecular weight excluding hydrogens is 203 g/mol. The van der Waals surface area contributed by atoms with Gasteiger partial charge in [-0.3, -0.25) is 0 Å². The van der Waals surface area contributed by atoms with Gasteiger partial charge in [-0.05, 0) is 25.0 Å². The van der Waals surface area contributed by atoms with E-state index in [2.05, 4.69) is 17.5 Å². The first-order valence-corrected chi connectivity index (χ1v) is 5.36. The van der Waals surface area contributed by atoms with Crippen molar-refractivity contribution < 1.29 is 4.39 Å². The average molecular weight is 216 g/mol. The van der Waals surface area contributed by atoms with Gasteiger partial charge >= 0.3 is 0 Å². The molecule has 1 aliphatic carbocycles. The third kappa shape index (κ3) is 2.47. The summed E-state index contributed by atoms with van der Waals surface area (Å²) in [6.45, 7) is 0.518. The van der Waals surface area contributed by atoms with Gasteiger partial charge in [0.1, 0.15) is 5.82 Å². The number of halogens is 1. The lowest BCUT2D eigenvalue weighted by atomic mass is 10.1. The highest BCUT2D eigenvalue weighted by molar-refractivity contribution is 5.32. The van der Waals surface area contributed by atoms with E-state index in [1.807, 2.05) is 6.07 Å². The lowest BCUT2D eigenvalue weighted by molar-refractivity contribution is 0.520. The first-order valence-electron chi connectivity index (χ1n) is 5.36. The molecule has 1 aromatic rings. The van der Waals surface area contributed by atoms with Crippen molar-refractivity contribution in [2.75, 3.05) is 0 Å². The van der Waals surface area contributed by atoms with Gasteiger partial charge in [0.25, 0.3) is 0 Å². The zero-order valence-corrected chi connectivity index (χ0v) is 8.91. The minimum atomic E-state index is -0.308. The van der Waals surface area contributed by atoms with E-state index in [-0.39, 0.29) is 5.82 Å². The molecule has 0 radical (unpaired) electrons. The summed E-state index contributed by atoms with van der Waals surface area (Å²) in [6, 6.07) is 6.95. The molecule has 3 heteroatoms. The van der Waals surface area contributed by atoms with E-state index in [4.69, 9.17) is 5.26 Å². The Hall–Kier alpha value is -1.66. The topological polar surface area (TPSA) is 35.8 Å². The Bertz CT molecular complexity index is 438.